The smallest absolute Gasteiger partial charge is 0.203 e. The topological polar surface area (TPSA) is 49.7 Å². The maximum Gasteiger partial charge on any atom is 0.203 e. The van der Waals surface area contributed by atoms with Crippen molar-refractivity contribution < 1.29 is 0 Å². The van der Waals surface area contributed by atoms with Crippen LogP contribution in [-0.4, -0.2) is 33.1 Å². The van der Waals surface area contributed by atoms with E-state index in [1.54, 1.807) is 0 Å². The number of nitrogens with zero attached hydrogens (tertiary/aromatic N) is 4. The molecule has 0 fully saturated rings. The van der Waals surface area contributed by atoms with Crippen molar-refractivity contribution in [2.24, 2.45) is 0 Å². The van der Waals surface area contributed by atoms with Crippen molar-refractivity contribution >= 4 is 17.0 Å². The zero-order valence-electron chi connectivity index (χ0n) is 11.0. The molecule has 0 aliphatic carbocycles. The fourth-order valence-electron chi connectivity index (χ4n) is 2.14. The average molecular weight is 255 g/mol. The highest BCUT2D eigenvalue weighted by Gasteiger charge is 2.06. The Kier molecular flexibility index (Phi) is 3.18. The molecule has 2 aromatic heterocycles. The number of imidazole rings is 2. The van der Waals surface area contributed by atoms with Crippen LogP contribution in [0.1, 0.15) is 6.42 Å². The number of fused-ring (bicyclic) bond motifs is 1. The molecule has 19 heavy (non-hydrogen) atoms. The maximum absolute atomic E-state index is 4.58. The Balaban J connectivity index is 1.61. The number of hydrogen-bond donors (Lipinski definition) is 1. The molecule has 0 spiro atoms. The van der Waals surface area contributed by atoms with E-state index < -0.39 is 0 Å². The summed E-state index contributed by atoms with van der Waals surface area (Å²) in [6, 6.07) is 8.09. The maximum atomic E-state index is 4.58. The third-order valence-electron chi connectivity index (χ3n) is 3.21. The van der Waals surface area contributed by atoms with Crippen LogP contribution in [0.3, 0.4) is 0 Å². The van der Waals surface area contributed by atoms with Gasteiger partial charge in [-0.2, -0.15) is 0 Å². The molecule has 0 radical (unpaired) electrons. The average Bonchev–Trinajstić information content (AvgIpc) is 3.07. The fraction of sp³-hybridized carbons (Fsp3) is 0.286. The van der Waals surface area contributed by atoms with Gasteiger partial charge in [-0.05, 0) is 18.6 Å². The van der Waals surface area contributed by atoms with E-state index >= 15 is 0 Å². The first-order chi connectivity index (χ1) is 9.33. The van der Waals surface area contributed by atoms with Crippen molar-refractivity contribution in [3.8, 4) is 0 Å². The Bertz CT molecular complexity index is 608. The first-order valence-electron chi connectivity index (χ1n) is 6.44. The Hall–Kier alpha value is -2.30. The van der Waals surface area contributed by atoms with Gasteiger partial charge in [0.25, 0.3) is 0 Å². The number of rotatable bonds is 5. The highest BCUT2D eigenvalue weighted by atomic mass is 15.2. The van der Waals surface area contributed by atoms with E-state index in [4.69, 9.17) is 0 Å². The molecule has 1 N–H and O–H groups in total. The van der Waals surface area contributed by atoms with Crippen molar-refractivity contribution in [2.45, 2.75) is 13.0 Å². The van der Waals surface area contributed by atoms with E-state index in [0.717, 1.165) is 36.5 Å². The number of H-pyrrole nitrogens is 1. The summed E-state index contributed by atoms with van der Waals surface area (Å²) in [6.07, 6.45) is 6.70. The van der Waals surface area contributed by atoms with Crippen LogP contribution in [-0.2, 0) is 6.54 Å². The lowest BCUT2D eigenvalue weighted by Gasteiger charge is -2.15. The molecule has 0 aliphatic rings. The monoisotopic (exact) mass is 255 g/mol. The molecule has 3 aromatic rings. The fourth-order valence-corrected chi connectivity index (χ4v) is 2.14. The number of benzene rings is 1. The van der Waals surface area contributed by atoms with Gasteiger partial charge < -0.3 is 14.5 Å². The van der Waals surface area contributed by atoms with Gasteiger partial charge in [-0.1, -0.05) is 12.1 Å². The summed E-state index contributed by atoms with van der Waals surface area (Å²) in [5, 5.41) is 0. The van der Waals surface area contributed by atoms with Crippen LogP contribution >= 0.6 is 0 Å². The predicted molar refractivity (Wildman–Crippen MR) is 76.2 cm³/mol. The van der Waals surface area contributed by atoms with Crippen LogP contribution in [0.15, 0.2) is 43.0 Å². The molecule has 0 amide bonds. The summed E-state index contributed by atoms with van der Waals surface area (Å²) in [5.41, 5.74) is 2.10. The van der Waals surface area contributed by atoms with E-state index in [0.29, 0.717) is 0 Å². The summed E-state index contributed by atoms with van der Waals surface area (Å²) in [7, 11) is 2.06. The van der Waals surface area contributed by atoms with Crippen LogP contribution in [0.5, 0.6) is 0 Å². The number of anilines is 1. The Labute approximate surface area is 111 Å². The second kappa shape index (κ2) is 5.14. The molecule has 0 bridgehead atoms. The summed E-state index contributed by atoms with van der Waals surface area (Å²) >= 11 is 0. The normalized spacial score (nSPS) is 11.0. The number of hydrogen-bond acceptors (Lipinski definition) is 3. The highest BCUT2D eigenvalue weighted by Crippen LogP contribution is 2.15. The van der Waals surface area contributed by atoms with Crippen LogP contribution in [0.2, 0.25) is 0 Å². The summed E-state index contributed by atoms with van der Waals surface area (Å²) < 4.78 is 2.09. The van der Waals surface area contributed by atoms with E-state index in [-0.39, 0.29) is 0 Å². The third kappa shape index (κ3) is 2.59. The van der Waals surface area contributed by atoms with Crippen molar-refractivity contribution in [2.75, 3.05) is 18.5 Å². The lowest BCUT2D eigenvalue weighted by Crippen LogP contribution is -2.20. The van der Waals surface area contributed by atoms with Gasteiger partial charge in [-0.25, -0.2) is 9.97 Å². The zero-order valence-corrected chi connectivity index (χ0v) is 11.0. The van der Waals surface area contributed by atoms with Crippen molar-refractivity contribution in [3.05, 3.63) is 43.0 Å². The molecule has 0 atom stereocenters. The number of aromatic amines is 1. The van der Waals surface area contributed by atoms with Gasteiger partial charge in [0.2, 0.25) is 5.95 Å². The Morgan fingerprint density at radius 3 is 3.00 bits per heavy atom. The zero-order chi connectivity index (χ0) is 13.1. The molecular weight excluding hydrogens is 238 g/mol. The number of para-hydroxylation sites is 2. The second-order valence-corrected chi connectivity index (χ2v) is 4.65. The number of aromatic nitrogens is 4. The van der Waals surface area contributed by atoms with Crippen LogP contribution in [0, 0.1) is 0 Å². The first kappa shape index (κ1) is 11.8. The van der Waals surface area contributed by atoms with E-state index in [2.05, 4.69) is 31.5 Å². The Morgan fingerprint density at radius 1 is 1.32 bits per heavy atom. The van der Waals surface area contributed by atoms with Gasteiger partial charge in [0.1, 0.15) is 0 Å². The minimum atomic E-state index is 0.923. The quantitative estimate of drug-likeness (QED) is 0.761. The van der Waals surface area contributed by atoms with Gasteiger partial charge in [-0.15, -0.1) is 0 Å². The molecule has 0 aliphatic heterocycles. The highest BCUT2D eigenvalue weighted by molar-refractivity contribution is 5.77. The summed E-state index contributed by atoms with van der Waals surface area (Å²) in [5.74, 6) is 0.923. The third-order valence-corrected chi connectivity index (χ3v) is 3.21. The Morgan fingerprint density at radius 2 is 2.21 bits per heavy atom. The first-order valence-corrected chi connectivity index (χ1v) is 6.44. The number of nitrogens with one attached hydrogen (secondary N) is 1. The van der Waals surface area contributed by atoms with E-state index in [1.165, 1.54) is 0 Å². The molecular formula is C14H17N5. The van der Waals surface area contributed by atoms with Gasteiger partial charge in [0.15, 0.2) is 0 Å². The molecule has 0 unspecified atom stereocenters. The molecule has 1 aromatic carbocycles. The second-order valence-electron chi connectivity index (χ2n) is 4.65. The molecule has 2 heterocycles. The van der Waals surface area contributed by atoms with Crippen molar-refractivity contribution in [1.29, 1.82) is 0 Å². The minimum Gasteiger partial charge on any atom is -0.345 e. The largest absolute Gasteiger partial charge is 0.345 e. The molecule has 98 valence electrons. The van der Waals surface area contributed by atoms with Crippen molar-refractivity contribution in [1.82, 2.24) is 19.5 Å². The van der Waals surface area contributed by atoms with Gasteiger partial charge >= 0.3 is 0 Å². The van der Waals surface area contributed by atoms with Gasteiger partial charge in [0, 0.05) is 32.5 Å². The van der Waals surface area contributed by atoms with Gasteiger partial charge in [0.05, 0.1) is 17.4 Å². The van der Waals surface area contributed by atoms with E-state index in [9.17, 15) is 0 Å². The van der Waals surface area contributed by atoms with E-state index in [1.807, 2.05) is 43.0 Å². The lowest BCUT2D eigenvalue weighted by atomic mass is 10.3. The van der Waals surface area contributed by atoms with Crippen LogP contribution < -0.4 is 4.90 Å². The van der Waals surface area contributed by atoms with Gasteiger partial charge in [-0.3, -0.25) is 0 Å². The molecule has 5 heteroatoms. The molecule has 0 saturated heterocycles. The molecule has 5 nitrogen and oxygen atoms in total. The molecule has 0 saturated carbocycles. The number of aryl methyl sites for hydroxylation is 1. The summed E-state index contributed by atoms with van der Waals surface area (Å²) in [4.78, 5) is 14.1. The predicted octanol–water partition coefficient (Wildman–Crippen LogP) is 2.29. The summed E-state index contributed by atoms with van der Waals surface area (Å²) in [6.45, 7) is 1.93. The van der Waals surface area contributed by atoms with Crippen molar-refractivity contribution in [3.63, 3.8) is 0 Å². The SMILES string of the molecule is CN(CCCn1ccnc1)c1nc2ccccc2[nH]1. The molecule has 3 rings (SSSR count). The standard InChI is InChI=1S/C14H17N5/c1-18(8-4-9-19-10-7-15-11-19)14-16-12-5-2-3-6-13(12)17-14/h2-3,5-7,10-11H,4,8-9H2,1H3,(H,16,17). The van der Waals surface area contributed by atoms with Crippen LogP contribution in [0.25, 0.3) is 11.0 Å². The minimum absolute atomic E-state index is 0.923. The lowest BCUT2D eigenvalue weighted by molar-refractivity contribution is 0.634. The van der Waals surface area contributed by atoms with Crippen LogP contribution in [0.4, 0.5) is 5.95 Å².